The Morgan fingerprint density at radius 3 is 2.16 bits per heavy atom. The molecule has 1 atom stereocenters. The van der Waals surface area contributed by atoms with E-state index in [0.29, 0.717) is 21.4 Å². The smallest absolute Gasteiger partial charge is 0.264 e. The van der Waals surface area contributed by atoms with Gasteiger partial charge in [-0.3, -0.25) is 13.9 Å². The number of methoxy groups -OCH3 is 2. The number of rotatable bonds is 13. The molecule has 4 rings (SSSR count). The van der Waals surface area contributed by atoms with Gasteiger partial charge in [-0.1, -0.05) is 73.7 Å². The van der Waals surface area contributed by atoms with Gasteiger partial charge in [-0.25, -0.2) is 8.42 Å². The highest BCUT2D eigenvalue weighted by Crippen LogP contribution is 2.34. The minimum absolute atomic E-state index is 0.00429. The SMILES string of the molecule is CC[C@H](C(=O)NC1CCCCC1)N(Cc1c(Cl)cccc1Cl)C(=O)CN(c1ccc(OC)c(OC)c1)S(=O)(=O)c1ccccc1. The van der Waals surface area contributed by atoms with E-state index in [0.717, 1.165) is 36.4 Å². The topological polar surface area (TPSA) is 105 Å². The molecule has 0 saturated heterocycles. The lowest BCUT2D eigenvalue weighted by atomic mass is 9.95. The van der Waals surface area contributed by atoms with Crippen LogP contribution in [0.2, 0.25) is 10.0 Å². The fraction of sp³-hybridized carbons (Fsp3) is 0.394. The summed E-state index contributed by atoms with van der Waals surface area (Å²) in [6.45, 7) is 1.10. The number of anilines is 1. The van der Waals surface area contributed by atoms with Crippen molar-refractivity contribution in [2.75, 3.05) is 25.1 Å². The number of amides is 2. The largest absolute Gasteiger partial charge is 0.493 e. The van der Waals surface area contributed by atoms with Gasteiger partial charge in [-0.15, -0.1) is 0 Å². The lowest BCUT2D eigenvalue weighted by molar-refractivity contribution is -0.140. The summed E-state index contributed by atoms with van der Waals surface area (Å²) in [7, 11) is -1.34. The second-order valence-corrected chi connectivity index (χ2v) is 13.5. The number of carbonyl (C=O) groups excluding carboxylic acids is 2. The van der Waals surface area contributed by atoms with Crippen LogP contribution in [0.15, 0.2) is 71.6 Å². The van der Waals surface area contributed by atoms with Crippen molar-refractivity contribution in [3.05, 3.63) is 82.3 Å². The van der Waals surface area contributed by atoms with Gasteiger partial charge in [0.05, 0.1) is 24.8 Å². The Hall–Kier alpha value is -3.47. The van der Waals surface area contributed by atoms with Crippen LogP contribution >= 0.6 is 23.2 Å². The van der Waals surface area contributed by atoms with Gasteiger partial charge in [0.15, 0.2) is 11.5 Å². The highest BCUT2D eigenvalue weighted by molar-refractivity contribution is 7.92. The Labute approximate surface area is 275 Å². The van der Waals surface area contributed by atoms with Crippen LogP contribution in [0.5, 0.6) is 11.5 Å². The maximum atomic E-state index is 14.4. The van der Waals surface area contributed by atoms with Crippen molar-refractivity contribution in [2.24, 2.45) is 0 Å². The number of hydrogen-bond donors (Lipinski definition) is 1. The molecule has 1 aliphatic carbocycles. The lowest BCUT2D eigenvalue weighted by Crippen LogP contribution is -2.54. The van der Waals surface area contributed by atoms with Gasteiger partial charge in [0, 0.05) is 34.3 Å². The molecule has 3 aromatic carbocycles. The summed E-state index contributed by atoms with van der Waals surface area (Å²) in [6, 6.07) is 16.6. The first-order valence-electron chi connectivity index (χ1n) is 14.9. The van der Waals surface area contributed by atoms with Crippen molar-refractivity contribution in [1.29, 1.82) is 0 Å². The van der Waals surface area contributed by atoms with E-state index in [-0.39, 0.29) is 41.2 Å². The van der Waals surface area contributed by atoms with Crippen LogP contribution in [0.1, 0.15) is 51.0 Å². The van der Waals surface area contributed by atoms with Crippen LogP contribution in [0.3, 0.4) is 0 Å². The monoisotopic (exact) mass is 675 g/mol. The molecule has 1 fully saturated rings. The highest BCUT2D eigenvalue weighted by Gasteiger charge is 2.35. The minimum atomic E-state index is -4.26. The van der Waals surface area contributed by atoms with Crippen LogP contribution in [-0.4, -0.2) is 58.0 Å². The molecule has 0 aliphatic heterocycles. The van der Waals surface area contributed by atoms with E-state index in [9.17, 15) is 18.0 Å². The Morgan fingerprint density at radius 1 is 0.911 bits per heavy atom. The predicted molar refractivity (Wildman–Crippen MR) is 177 cm³/mol. The quantitative estimate of drug-likeness (QED) is 0.223. The molecule has 3 aromatic rings. The number of carbonyl (C=O) groups is 2. The molecular formula is C33H39Cl2N3O6S. The van der Waals surface area contributed by atoms with Crippen molar-refractivity contribution < 1.29 is 27.5 Å². The molecule has 12 heteroatoms. The molecule has 0 radical (unpaired) electrons. The number of halogens is 2. The Bertz CT molecular complexity index is 1560. The summed E-state index contributed by atoms with van der Waals surface area (Å²) < 4.78 is 40.0. The molecule has 0 unspecified atom stereocenters. The lowest BCUT2D eigenvalue weighted by Gasteiger charge is -2.35. The number of nitrogens with zero attached hydrogens (tertiary/aromatic N) is 2. The standard InChI is InChI=1S/C33H39Cl2N3O6S/c1-4-29(33(40)36-23-12-7-5-8-13-23)37(21-26-27(34)16-11-17-28(26)35)32(39)22-38(45(41,42)25-14-9-6-10-15-25)24-18-19-30(43-2)31(20-24)44-3/h6,9-11,14-20,23,29H,4-5,7-8,12-13,21-22H2,1-3H3,(H,36,40)/t29-/m1/s1. The molecule has 0 bridgehead atoms. The summed E-state index contributed by atoms with van der Waals surface area (Å²) in [5, 5.41) is 3.79. The van der Waals surface area contributed by atoms with Crippen LogP contribution in [-0.2, 0) is 26.2 Å². The molecule has 45 heavy (non-hydrogen) atoms. The van der Waals surface area contributed by atoms with Crippen molar-refractivity contribution >= 4 is 50.7 Å². The summed E-state index contributed by atoms with van der Waals surface area (Å²) in [6.07, 6.45) is 5.20. The molecular weight excluding hydrogens is 637 g/mol. The molecule has 1 aliphatic rings. The van der Waals surface area contributed by atoms with Gasteiger partial charge >= 0.3 is 0 Å². The van der Waals surface area contributed by atoms with Crippen LogP contribution in [0.25, 0.3) is 0 Å². The third-order valence-corrected chi connectivity index (χ3v) is 10.5. The molecule has 1 N–H and O–H groups in total. The van der Waals surface area contributed by atoms with Crippen LogP contribution in [0.4, 0.5) is 5.69 Å². The molecule has 0 spiro atoms. The second-order valence-electron chi connectivity index (χ2n) is 10.9. The average Bonchev–Trinajstić information content (AvgIpc) is 3.05. The zero-order chi connectivity index (χ0) is 32.6. The Kier molecular flexibility index (Phi) is 12.0. The third kappa shape index (κ3) is 8.23. The second kappa shape index (κ2) is 15.7. The van der Waals surface area contributed by atoms with E-state index in [1.807, 2.05) is 6.92 Å². The first-order valence-corrected chi connectivity index (χ1v) is 17.1. The van der Waals surface area contributed by atoms with E-state index >= 15 is 0 Å². The summed E-state index contributed by atoms with van der Waals surface area (Å²) in [5.74, 6) is -0.228. The van der Waals surface area contributed by atoms with Gasteiger partial charge in [-0.05, 0) is 55.7 Å². The fourth-order valence-corrected chi connectivity index (χ4v) is 7.49. The van der Waals surface area contributed by atoms with Crippen LogP contribution in [0, 0.1) is 0 Å². The van der Waals surface area contributed by atoms with Gasteiger partial charge in [0.2, 0.25) is 11.8 Å². The number of benzene rings is 3. The first kappa shape index (κ1) is 34.4. The van der Waals surface area contributed by atoms with E-state index in [4.69, 9.17) is 32.7 Å². The summed E-state index contributed by atoms with van der Waals surface area (Å²) in [5.41, 5.74) is 0.641. The molecule has 0 heterocycles. The number of ether oxygens (including phenoxy) is 2. The fourth-order valence-electron chi connectivity index (χ4n) is 5.55. The first-order chi connectivity index (χ1) is 21.6. The number of nitrogens with one attached hydrogen (secondary N) is 1. The summed E-state index contributed by atoms with van der Waals surface area (Å²) >= 11 is 13.0. The Morgan fingerprint density at radius 2 is 1.56 bits per heavy atom. The van der Waals surface area contributed by atoms with Gasteiger partial charge in [0.1, 0.15) is 12.6 Å². The molecule has 0 aromatic heterocycles. The average molecular weight is 677 g/mol. The maximum absolute atomic E-state index is 14.4. The molecule has 242 valence electrons. The Balaban J connectivity index is 1.77. The highest BCUT2D eigenvalue weighted by atomic mass is 35.5. The summed E-state index contributed by atoms with van der Waals surface area (Å²) in [4.78, 5) is 29.5. The molecule has 9 nitrogen and oxygen atoms in total. The minimum Gasteiger partial charge on any atom is -0.493 e. The zero-order valence-electron chi connectivity index (χ0n) is 25.7. The van der Waals surface area contributed by atoms with E-state index in [1.54, 1.807) is 42.5 Å². The van der Waals surface area contributed by atoms with Gasteiger partial charge in [0.25, 0.3) is 10.0 Å². The van der Waals surface area contributed by atoms with Gasteiger partial charge < -0.3 is 19.7 Å². The van der Waals surface area contributed by atoms with Crippen LogP contribution < -0.4 is 19.1 Å². The van der Waals surface area contributed by atoms with Crippen molar-refractivity contribution in [1.82, 2.24) is 10.2 Å². The number of sulfonamides is 1. The third-order valence-electron chi connectivity index (χ3n) is 7.99. The van der Waals surface area contributed by atoms with E-state index < -0.39 is 28.5 Å². The number of hydrogen-bond acceptors (Lipinski definition) is 6. The normalized spacial score (nSPS) is 14.3. The zero-order valence-corrected chi connectivity index (χ0v) is 28.0. The van der Waals surface area contributed by atoms with E-state index in [2.05, 4.69) is 5.32 Å². The van der Waals surface area contributed by atoms with Crippen molar-refractivity contribution in [3.8, 4) is 11.5 Å². The van der Waals surface area contributed by atoms with Crippen molar-refractivity contribution in [2.45, 2.75) is 69.0 Å². The molecule has 2 amide bonds. The van der Waals surface area contributed by atoms with Crippen molar-refractivity contribution in [3.63, 3.8) is 0 Å². The molecule has 1 saturated carbocycles. The maximum Gasteiger partial charge on any atom is 0.264 e. The van der Waals surface area contributed by atoms with E-state index in [1.165, 1.54) is 43.4 Å². The van der Waals surface area contributed by atoms with Gasteiger partial charge in [-0.2, -0.15) is 0 Å². The predicted octanol–water partition coefficient (Wildman–Crippen LogP) is 6.46.